The van der Waals surface area contributed by atoms with Crippen molar-refractivity contribution in [3.63, 3.8) is 0 Å². The molecule has 1 aromatic carbocycles. The van der Waals surface area contributed by atoms with Crippen LogP contribution in [0.2, 0.25) is 0 Å². The van der Waals surface area contributed by atoms with E-state index in [1.54, 1.807) is 10.6 Å². The molecule has 3 aromatic rings. The number of thiophene rings is 1. The number of piperidine rings is 1. The van der Waals surface area contributed by atoms with Gasteiger partial charge < -0.3 is 4.90 Å². The zero-order valence-electron chi connectivity index (χ0n) is 18.7. The number of allylic oxidation sites excluding steroid dienone is 1. The lowest BCUT2D eigenvalue weighted by Crippen LogP contribution is -2.40. The number of benzene rings is 1. The van der Waals surface area contributed by atoms with E-state index < -0.39 is 0 Å². The number of hydrogen-bond donors (Lipinski definition) is 0. The van der Waals surface area contributed by atoms with Crippen molar-refractivity contribution in [2.24, 2.45) is 5.92 Å². The molecule has 0 atom stereocenters. The van der Waals surface area contributed by atoms with E-state index in [9.17, 15) is 9.59 Å². The minimum absolute atomic E-state index is 0.0478. The molecule has 4 rings (SSSR count). The number of carbonyl (C=O) groups is 1. The highest BCUT2D eigenvalue weighted by atomic mass is 32.2. The summed E-state index contributed by atoms with van der Waals surface area (Å²) in [6, 6.07) is 10.6. The van der Waals surface area contributed by atoms with Crippen molar-refractivity contribution in [2.75, 3.05) is 18.8 Å². The van der Waals surface area contributed by atoms with Crippen molar-refractivity contribution < 1.29 is 4.79 Å². The number of thioether (sulfide) groups is 1. The predicted molar refractivity (Wildman–Crippen MR) is 134 cm³/mol. The maximum absolute atomic E-state index is 13.1. The molecule has 0 spiro atoms. The zero-order chi connectivity index (χ0) is 22.7. The molecule has 2 aromatic heterocycles. The van der Waals surface area contributed by atoms with Crippen molar-refractivity contribution in [1.29, 1.82) is 0 Å². The van der Waals surface area contributed by atoms with Gasteiger partial charge >= 0.3 is 0 Å². The SMILES string of the molecule is C=CCn1c(SCC(=O)N2CCC(Cc3ccccc3)CC2)nc2sc(C)c(C)c2c1=O. The quantitative estimate of drug-likeness (QED) is 0.284. The molecule has 5 nitrogen and oxygen atoms in total. The molecule has 32 heavy (non-hydrogen) atoms. The Bertz CT molecular complexity index is 1180. The summed E-state index contributed by atoms with van der Waals surface area (Å²) in [7, 11) is 0. The van der Waals surface area contributed by atoms with Gasteiger partial charge in [0, 0.05) is 24.5 Å². The Morgan fingerprint density at radius 3 is 2.66 bits per heavy atom. The largest absolute Gasteiger partial charge is 0.342 e. The molecule has 3 heterocycles. The summed E-state index contributed by atoms with van der Waals surface area (Å²) in [6.07, 6.45) is 4.84. The van der Waals surface area contributed by atoms with E-state index >= 15 is 0 Å². The lowest BCUT2D eigenvalue weighted by atomic mass is 9.90. The van der Waals surface area contributed by atoms with E-state index in [-0.39, 0.29) is 11.5 Å². The van der Waals surface area contributed by atoms with Crippen LogP contribution in [0, 0.1) is 19.8 Å². The van der Waals surface area contributed by atoms with Crippen LogP contribution in [0.15, 0.2) is 52.9 Å². The first kappa shape index (κ1) is 22.8. The fraction of sp³-hybridized carbons (Fsp3) is 0.400. The first-order chi connectivity index (χ1) is 15.5. The molecule has 168 valence electrons. The van der Waals surface area contributed by atoms with Gasteiger partial charge in [-0.3, -0.25) is 14.2 Å². The van der Waals surface area contributed by atoms with Crippen LogP contribution in [0.1, 0.15) is 28.8 Å². The van der Waals surface area contributed by atoms with E-state index in [4.69, 9.17) is 4.98 Å². The van der Waals surface area contributed by atoms with Gasteiger partial charge in [-0.15, -0.1) is 17.9 Å². The Balaban J connectivity index is 1.40. The summed E-state index contributed by atoms with van der Waals surface area (Å²) in [5, 5.41) is 1.28. The first-order valence-electron chi connectivity index (χ1n) is 11.0. The molecule has 1 amide bonds. The summed E-state index contributed by atoms with van der Waals surface area (Å²) >= 11 is 2.89. The van der Waals surface area contributed by atoms with Crippen molar-refractivity contribution in [2.45, 2.75) is 44.8 Å². The standard InChI is InChI=1S/C25H29N3O2S2/c1-4-12-28-24(30)22-17(2)18(3)32-23(22)26-25(28)31-16-21(29)27-13-10-20(11-14-27)15-19-8-6-5-7-9-19/h4-9,20H,1,10-16H2,2-3H3. The summed E-state index contributed by atoms with van der Waals surface area (Å²) in [5.74, 6) is 1.04. The van der Waals surface area contributed by atoms with Crippen LogP contribution in [0.25, 0.3) is 10.2 Å². The summed E-state index contributed by atoms with van der Waals surface area (Å²) < 4.78 is 1.64. The smallest absolute Gasteiger partial charge is 0.263 e. The van der Waals surface area contributed by atoms with Crippen LogP contribution >= 0.6 is 23.1 Å². The molecular weight excluding hydrogens is 438 g/mol. The lowest BCUT2D eigenvalue weighted by molar-refractivity contribution is -0.129. The molecule has 0 N–H and O–H groups in total. The van der Waals surface area contributed by atoms with Gasteiger partial charge in [0.05, 0.1) is 11.1 Å². The van der Waals surface area contributed by atoms with Gasteiger partial charge in [-0.1, -0.05) is 48.2 Å². The monoisotopic (exact) mass is 467 g/mol. The van der Waals surface area contributed by atoms with Crippen LogP contribution in [0.3, 0.4) is 0 Å². The maximum Gasteiger partial charge on any atom is 0.263 e. The van der Waals surface area contributed by atoms with E-state index in [0.29, 0.717) is 28.8 Å². The van der Waals surface area contributed by atoms with Crippen molar-refractivity contribution in [3.8, 4) is 0 Å². The minimum Gasteiger partial charge on any atom is -0.342 e. The number of aromatic nitrogens is 2. The molecule has 0 bridgehead atoms. The Kier molecular flexibility index (Phi) is 7.16. The van der Waals surface area contributed by atoms with Gasteiger partial charge in [-0.2, -0.15) is 0 Å². The normalized spacial score (nSPS) is 14.8. The molecule has 7 heteroatoms. The van der Waals surface area contributed by atoms with E-state index in [1.807, 2.05) is 24.8 Å². The van der Waals surface area contributed by atoms with Crippen LogP contribution < -0.4 is 5.56 Å². The van der Waals surface area contributed by atoms with Gasteiger partial charge in [0.25, 0.3) is 5.56 Å². The number of likely N-dealkylation sites (tertiary alicyclic amines) is 1. The average molecular weight is 468 g/mol. The average Bonchev–Trinajstić information content (AvgIpc) is 3.09. The first-order valence-corrected chi connectivity index (χ1v) is 12.8. The molecule has 1 saturated heterocycles. The third-order valence-corrected chi connectivity index (χ3v) is 8.29. The predicted octanol–water partition coefficient (Wildman–Crippen LogP) is 4.83. The number of aryl methyl sites for hydroxylation is 2. The third kappa shape index (κ3) is 4.84. The number of fused-ring (bicyclic) bond motifs is 1. The molecular formula is C25H29N3O2S2. The molecule has 0 radical (unpaired) electrons. The van der Waals surface area contributed by atoms with Crippen LogP contribution in [0.4, 0.5) is 0 Å². The minimum atomic E-state index is -0.0478. The van der Waals surface area contributed by atoms with Crippen molar-refractivity contribution in [1.82, 2.24) is 14.5 Å². The molecule has 1 fully saturated rings. The number of amides is 1. The van der Waals surface area contributed by atoms with Crippen LogP contribution in [-0.4, -0.2) is 39.2 Å². The molecule has 0 saturated carbocycles. The molecule has 1 aliphatic rings. The van der Waals surface area contributed by atoms with Gasteiger partial charge in [0.2, 0.25) is 5.91 Å². The summed E-state index contributed by atoms with van der Waals surface area (Å²) in [6.45, 7) is 9.74. The van der Waals surface area contributed by atoms with Crippen LogP contribution in [0.5, 0.6) is 0 Å². The second-order valence-electron chi connectivity index (χ2n) is 8.36. The topological polar surface area (TPSA) is 55.2 Å². The second kappa shape index (κ2) is 10.0. The number of hydrogen-bond acceptors (Lipinski definition) is 5. The molecule has 0 aliphatic carbocycles. The van der Waals surface area contributed by atoms with Crippen molar-refractivity contribution >= 4 is 39.2 Å². The Labute approximate surface area is 197 Å². The van der Waals surface area contributed by atoms with E-state index in [0.717, 1.165) is 47.6 Å². The Hall–Kier alpha value is -2.38. The Morgan fingerprint density at radius 1 is 1.25 bits per heavy atom. The number of carbonyl (C=O) groups excluding carboxylic acids is 1. The number of nitrogens with zero attached hydrogens (tertiary/aromatic N) is 3. The summed E-state index contributed by atoms with van der Waals surface area (Å²) in [4.78, 5) is 34.5. The molecule has 1 aliphatic heterocycles. The highest BCUT2D eigenvalue weighted by Gasteiger charge is 2.24. The fourth-order valence-corrected chi connectivity index (χ4v) is 6.24. The lowest BCUT2D eigenvalue weighted by Gasteiger charge is -2.32. The highest BCUT2D eigenvalue weighted by molar-refractivity contribution is 7.99. The summed E-state index contributed by atoms with van der Waals surface area (Å²) in [5.41, 5.74) is 2.31. The second-order valence-corrected chi connectivity index (χ2v) is 10.5. The third-order valence-electron chi connectivity index (χ3n) is 6.22. The fourth-order valence-electron chi connectivity index (χ4n) is 4.26. The molecule has 0 unspecified atom stereocenters. The van der Waals surface area contributed by atoms with Crippen LogP contribution in [-0.2, 0) is 17.8 Å². The van der Waals surface area contributed by atoms with Gasteiger partial charge in [-0.25, -0.2) is 4.98 Å². The van der Waals surface area contributed by atoms with Crippen molar-refractivity contribution in [3.05, 3.63) is 69.3 Å². The maximum atomic E-state index is 13.1. The van der Waals surface area contributed by atoms with Gasteiger partial charge in [0.1, 0.15) is 4.83 Å². The van der Waals surface area contributed by atoms with E-state index in [1.165, 1.54) is 28.7 Å². The number of rotatable bonds is 7. The zero-order valence-corrected chi connectivity index (χ0v) is 20.3. The highest BCUT2D eigenvalue weighted by Crippen LogP contribution is 2.29. The van der Waals surface area contributed by atoms with Gasteiger partial charge in [-0.05, 0) is 50.2 Å². The van der Waals surface area contributed by atoms with Gasteiger partial charge in [0.15, 0.2) is 5.16 Å². The Morgan fingerprint density at radius 2 is 1.97 bits per heavy atom. The van der Waals surface area contributed by atoms with E-state index in [2.05, 4.69) is 30.8 Å².